The summed E-state index contributed by atoms with van der Waals surface area (Å²) in [6, 6.07) is 3.77. The van der Waals surface area contributed by atoms with Crippen LogP contribution in [0.2, 0.25) is 0 Å². The van der Waals surface area contributed by atoms with Crippen LogP contribution in [0.4, 0.5) is 30.2 Å². The van der Waals surface area contributed by atoms with E-state index in [1.165, 1.54) is 18.3 Å². The van der Waals surface area contributed by atoms with Crippen LogP contribution >= 0.6 is 15.9 Å². The highest BCUT2D eigenvalue weighted by molar-refractivity contribution is 9.10. The number of nitrogens with zero attached hydrogens (tertiary/aromatic N) is 4. The van der Waals surface area contributed by atoms with E-state index < -0.39 is 41.4 Å². The molecule has 1 aromatic carbocycles. The summed E-state index contributed by atoms with van der Waals surface area (Å²) in [5.41, 5.74) is 0.369. The number of carbonyl (C=O) groups excluding carboxylic acids is 2. The Bertz CT molecular complexity index is 1260. The Labute approximate surface area is 230 Å². The van der Waals surface area contributed by atoms with Gasteiger partial charge in [0.15, 0.2) is 6.10 Å². The van der Waals surface area contributed by atoms with Crippen molar-refractivity contribution in [2.24, 2.45) is 0 Å². The lowest BCUT2D eigenvalue weighted by molar-refractivity contribution is -0.384. The van der Waals surface area contributed by atoms with Crippen molar-refractivity contribution in [3.63, 3.8) is 0 Å². The van der Waals surface area contributed by atoms with Crippen LogP contribution in [0.3, 0.4) is 0 Å². The smallest absolute Gasteiger partial charge is 0.387 e. The molecular weight excluding hydrogens is 589 g/mol. The van der Waals surface area contributed by atoms with Gasteiger partial charge in [0.2, 0.25) is 0 Å². The Hall–Kier alpha value is -3.46. The zero-order chi connectivity index (χ0) is 28.3. The third-order valence-corrected chi connectivity index (χ3v) is 7.02. The molecule has 39 heavy (non-hydrogen) atoms. The Balaban J connectivity index is 1.60. The molecule has 2 atom stereocenters. The van der Waals surface area contributed by atoms with Crippen LogP contribution in [0.25, 0.3) is 0 Å². The molecule has 2 aliphatic rings. The zero-order valence-corrected chi connectivity index (χ0v) is 22.4. The number of piperidine rings is 1. The van der Waals surface area contributed by atoms with Crippen molar-refractivity contribution in [3.8, 4) is 0 Å². The molecule has 2 fully saturated rings. The summed E-state index contributed by atoms with van der Waals surface area (Å²) in [5.74, 6) is -1.06. The van der Waals surface area contributed by atoms with E-state index in [0.717, 1.165) is 4.90 Å². The number of halogens is 4. The number of ether oxygens (including phenoxy) is 1. The van der Waals surface area contributed by atoms with E-state index in [2.05, 4.69) is 31.5 Å². The lowest BCUT2D eigenvalue weighted by Gasteiger charge is -2.35. The number of benzene rings is 1. The predicted molar refractivity (Wildman–Crippen MR) is 139 cm³/mol. The second-order valence-electron chi connectivity index (χ2n) is 9.20. The fourth-order valence-electron chi connectivity index (χ4n) is 4.62. The summed E-state index contributed by atoms with van der Waals surface area (Å²) in [7, 11) is 1.70. The summed E-state index contributed by atoms with van der Waals surface area (Å²) in [6.07, 6.45) is -2.65. The first-order chi connectivity index (χ1) is 18.5. The van der Waals surface area contributed by atoms with Crippen LogP contribution in [0.1, 0.15) is 33.6 Å². The second-order valence-corrected chi connectivity index (χ2v) is 10.1. The highest BCUT2D eigenvalue weighted by Gasteiger charge is 2.45. The molecule has 4 rings (SSSR count). The molecule has 2 amide bonds. The van der Waals surface area contributed by atoms with Crippen LogP contribution in [-0.2, 0) is 4.74 Å². The minimum Gasteiger partial charge on any atom is -0.387 e. The van der Waals surface area contributed by atoms with Gasteiger partial charge in [0, 0.05) is 55.7 Å². The Morgan fingerprint density at radius 1 is 1.15 bits per heavy atom. The number of carbonyl (C=O) groups is 2. The van der Waals surface area contributed by atoms with Gasteiger partial charge in [0.1, 0.15) is 5.69 Å². The third kappa shape index (κ3) is 6.58. The number of hydrogen-bond donors (Lipinski definition) is 2. The third-order valence-electron chi connectivity index (χ3n) is 6.56. The summed E-state index contributed by atoms with van der Waals surface area (Å²) < 4.78 is 44.8. The van der Waals surface area contributed by atoms with Gasteiger partial charge in [0.05, 0.1) is 34.9 Å². The van der Waals surface area contributed by atoms with Crippen LogP contribution < -0.4 is 10.6 Å². The maximum atomic E-state index is 13.4. The van der Waals surface area contributed by atoms with E-state index in [1.54, 1.807) is 24.2 Å². The summed E-state index contributed by atoms with van der Waals surface area (Å²) in [5, 5.41) is 17.9. The molecule has 3 heterocycles. The first-order valence-electron chi connectivity index (χ1n) is 12.1. The fourth-order valence-corrected chi connectivity index (χ4v) is 5.06. The molecule has 0 saturated carbocycles. The van der Waals surface area contributed by atoms with Gasteiger partial charge < -0.3 is 25.2 Å². The summed E-state index contributed by atoms with van der Waals surface area (Å²) in [6.45, 7) is -0.499. The molecule has 2 saturated heterocycles. The lowest BCUT2D eigenvalue weighted by Crippen LogP contribution is -2.51. The largest absolute Gasteiger partial charge is 0.416 e. The van der Waals surface area contributed by atoms with Gasteiger partial charge >= 0.3 is 6.18 Å². The quantitative estimate of drug-likeness (QED) is 0.370. The van der Waals surface area contributed by atoms with Crippen molar-refractivity contribution in [2.45, 2.75) is 31.2 Å². The minimum absolute atomic E-state index is 0.101. The zero-order valence-electron chi connectivity index (χ0n) is 20.8. The van der Waals surface area contributed by atoms with Gasteiger partial charge in [-0.2, -0.15) is 13.2 Å². The van der Waals surface area contributed by atoms with Gasteiger partial charge in [-0.25, -0.2) is 0 Å². The van der Waals surface area contributed by atoms with Gasteiger partial charge in [-0.15, -0.1) is 0 Å². The molecule has 2 N–H and O–H groups in total. The molecule has 0 bridgehead atoms. The van der Waals surface area contributed by atoms with Crippen LogP contribution in [0.5, 0.6) is 0 Å². The van der Waals surface area contributed by atoms with E-state index in [4.69, 9.17) is 4.74 Å². The van der Waals surface area contributed by atoms with E-state index in [9.17, 15) is 32.9 Å². The standard InChI is InChI=1S/C24H26BrF3N6O5/c1-29-17-7-14(10-30-11-17)22(35)32-4-2-3-16(12-32)31-21-18(8-15(25)9-19(21)34(37)38)23(36)33-5-6-39-20(13-33)24(26,27)28/h7-11,16,20,29,31H,2-6,12-13H2,1H3/t16-,20-/m1/s1. The van der Waals surface area contributed by atoms with E-state index >= 15 is 0 Å². The van der Waals surface area contributed by atoms with Gasteiger partial charge in [-0.3, -0.25) is 24.7 Å². The number of hydrogen-bond acceptors (Lipinski definition) is 8. The number of morpholine rings is 1. The number of alkyl halides is 3. The van der Waals surface area contributed by atoms with Gasteiger partial charge in [-0.1, -0.05) is 15.9 Å². The second kappa shape index (κ2) is 11.7. The highest BCUT2D eigenvalue weighted by Crippen LogP contribution is 2.36. The number of pyridine rings is 1. The Kier molecular flexibility index (Phi) is 8.59. The molecule has 15 heteroatoms. The van der Waals surface area contributed by atoms with Crippen molar-refractivity contribution >= 4 is 44.8 Å². The summed E-state index contributed by atoms with van der Waals surface area (Å²) in [4.78, 5) is 44.5. The van der Waals surface area contributed by atoms with E-state index in [0.29, 0.717) is 30.6 Å². The van der Waals surface area contributed by atoms with Gasteiger partial charge in [0.25, 0.3) is 17.5 Å². The first kappa shape index (κ1) is 28.5. The van der Waals surface area contributed by atoms with Crippen LogP contribution in [0.15, 0.2) is 35.1 Å². The number of nitrogens with one attached hydrogen (secondary N) is 2. The monoisotopic (exact) mass is 614 g/mol. The van der Waals surface area contributed by atoms with Crippen molar-refractivity contribution in [3.05, 3.63) is 56.3 Å². The fraction of sp³-hybridized carbons (Fsp3) is 0.458. The number of anilines is 2. The van der Waals surface area contributed by atoms with Crippen molar-refractivity contribution in [2.75, 3.05) is 50.5 Å². The molecule has 11 nitrogen and oxygen atoms in total. The number of amides is 2. The molecule has 2 aromatic rings. The van der Waals surface area contributed by atoms with Crippen LogP contribution in [-0.4, -0.2) is 89.7 Å². The molecule has 2 aliphatic heterocycles. The number of nitro groups is 1. The number of nitro benzene ring substituents is 1. The number of rotatable bonds is 6. The van der Waals surface area contributed by atoms with Crippen LogP contribution in [0, 0.1) is 10.1 Å². The maximum Gasteiger partial charge on any atom is 0.416 e. The van der Waals surface area contributed by atoms with Crippen molar-refractivity contribution in [1.82, 2.24) is 14.8 Å². The Morgan fingerprint density at radius 2 is 1.90 bits per heavy atom. The van der Waals surface area contributed by atoms with E-state index in [1.807, 2.05) is 0 Å². The molecule has 0 aliphatic carbocycles. The predicted octanol–water partition coefficient (Wildman–Crippen LogP) is 3.91. The number of aromatic nitrogens is 1. The van der Waals surface area contributed by atoms with Crippen molar-refractivity contribution in [1.29, 1.82) is 0 Å². The Morgan fingerprint density at radius 3 is 2.59 bits per heavy atom. The maximum absolute atomic E-state index is 13.4. The summed E-state index contributed by atoms with van der Waals surface area (Å²) >= 11 is 3.17. The highest BCUT2D eigenvalue weighted by atomic mass is 79.9. The average molecular weight is 615 g/mol. The molecule has 1 aromatic heterocycles. The molecule has 0 radical (unpaired) electrons. The topological polar surface area (TPSA) is 130 Å². The normalized spacial score (nSPS) is 19.9. The first-order valence-corrected chi connectivity index (χ1v) is 12.9. The number of likely N-dealkylation sites (tertiary alicyclic amines) is 1. The molecular formula is C24H26BrF3N6O5. The van der Waals surface area contributed by atoms with E-state index in [-0.39, 0.29) is 41.3 Å². The minimum atomic E-state index is -4.66. The lowest BCUT2D eigenvalue weighted by atomic mass is 10.0. The molecule has 0 unspecified atom stereocenters. The van der Waals surface area contributed by atoms with Gasteiger partial charge in [-0.05, 0) is 25.0 Å². The molecule has 210 valence electrons. The van der Waals surface area contributed by atoms with Crippen molar-refractivity contribution < 1.29 is 32.4 Å². The molecule has 0 spiro atoms. The average Bonchev–Trinajstić information content (AvgIpc) is 2.92. The SMILES string of the molecule is CNc1cncc(C(=O)N2CCC[C@@H](Nc3c(C(=O)N4CCO[C@@H](C(F)(F)F)C4)cc(Br)cc3[N+](=O)[O-])C2)c1.